The third-order valence-electron chi connectivity index (χ3n) is 4.64. The van der Waals surface area contributed by atoms with E-state index in [1.54, 1.807) is 11.3 Å². The fourth-order valence-electron chi connectivity index (χ4n) is 3.61. The number of likely N-dealkylation sites (N-methyl/N-ethyl adjacent to an activating group) is 1. The van der Waals surface area contributed by atoms with E-state index < -0.39 is 0 Å². The number of hydrogen-bond donors (Lipinski definition) is 1. The number of aryl methyl sites for hydroxylation is 1. The van der Waals surface area contributed by atoms with Crippen molar-refractivity contribution in [2.24, 2.45) is 11.3 Å². The van der Waals surface area contributed by atoms with Crippen molar-refractivity contribution < 1.29 is 0 Å². The zero-order chi connectivity index (χ0) is 13.9. The first kappa shape index (κ1) is 15.0. The fraction of sp³-hybridized carbons (Fsp3) is 0.812. The minimum atomic E-state index is 0.468. The Morgan fingerprint density at radius 3 is 2.84 bits per heavy atom. The topological polar surface area (TPSA) is 24.9 Å². The lowest BCUT2D eigenvalue weighted by Gasteiger charge is -2.43. The lowest BCUT2D eigenvalue weighted by molar-refractivity contribution is 0.0984. The molecule has 2 rings (SSSR count). The minimum Gasteiger partial charge on any atom is -0.314 e. The summed E-state index contributed by atoms with van der Waals surface area (Å²) >= 11 is 1.77. The van der Waals surface area contributed by atoms with Gasteiger partial charge in [0.1, 0.15) is 0 Å². The lowest BCUT2D eigenvalue weighted by Crippen LogP contribution is -2.46. The summed E-state index contributed by atoms with van der Waals surface area (Å²) in [6.07, 6.45) is 6.62. The Balaban J connectivity index is 2.10. The predicted molar refractivity (Wildman–Crippen MR) is 83.8 cm³/mol. The molecule has 1 N–H and O–H groups in total. The zero-order valence-electron chi connectivity index (χ0n) is 12.8. The first-order valence-corrected chi connectivity index (χ1v) is 8.55. The van der Waals surface area contributed by atoms with Gasteiger partial charge in [-0.05, 0) is 37.6 Å². The van der Waals surface area contributed by atoms with E-state index >= 15 is 0 Å². The van der Waals surface area contributed by atoms with Gasteiger partial charge in [-0.3, -0.25) is 0 Å². The first-order chi connectivity index (χ1) is 9.03. The minimum absolute atomic E-state index is 0.468. The van der Waals surface area contributed by atoms with Crippen LogP contribution in [0.5, 0.6) is 0 Å². The van der Waals surface area contributed by atoms with E-state index in [1.807, 2.05) is 0 Å². The van der Waals surface area contributed by atoms with Crippen LogP contribution in [0.4, 0.5) is 0 Å². The Hall–Kier alpha value is -0.410. The van der Waals surface area contributed by atoms with Crippen LogP contribution in [0.15, 0.2) is 5.38 Å². The lowest BCUT2D eigenvalue weighted by atomic mass is 9.65. The van der Waals surface area contributed by atoms with Crippen LogP contribution in [0.1, 0.15) is 57.2 Å². The second-order valence-corrected chi connectivity index (χ2v) is 7.63. The van der Waals surface area contributed by atoms with Crippen LogP contribution < -0.4 is 5.32 Å². The van der Waals surface area contributed by atoms with Gasteiger partial charge < -0.3 is 5.32 Å². The van der Waals surface area contributed by atoms with Crippen LogP contribution >= 0.6 is 11.3 Å². The van der Waals surface area contributed by atoms with Gasteiger partial charge in [0.25, 0.3) is 0 Å². The first-order valence-electron chi connectivity index (χ1n) is 7.67. The van der Waals surface area contributed by atoms with Gasteiger partial charge in [0, 0.05) is 17.8 Å². The van der Waals surface area contributed by atoms with Gasteiger partial charge in [-0.25, -0.2) is 4.98 Å². The SMILES string of the molecule is CCNC(Cc1csc(C)n1)C1CCCCC1(C)C. The molecule has 0 spiro atoms. The number of nitrogens with zero attached hydrogens (tertiary/aromatic N) is 1. The third-order valence-corrected chi connectivity index (χ3v) is 5.46. The molecule has 2 nitrogen and oxygen atoms in total. The summed E-state index contributed by atoms with van der Waals surface area (Å²) in [7, 11) is 0. The van der Waals surface area contributed by atoms with Crippen molar-refractivity contribution in [3.05, 3.63) is 16.1 Å². The van der Waals surface area contributed by atoms with Crippen molar-refractivity contribution in [3.63, 3.8) is 0 Å². The summed E-state index contributed by atoms with van der Waals surface area (Å²) in [6.45, 7) is 10.3. The van der Waals surface area contributed by atoms with E-state index in [9.17, 15) is 0 Å². The smallest absolute Gasteiger partial charge is 0.0897 e. The van der Waals surface area contributed by atoms with E-state index in [-0.39, 0.29) is 0 Å². The molecule has 2 unspecified atom stereocenters. The summed E-state index contributed by atoms with van der Waals surface area (Å²) < 4.78 is 0. The van der Waals surface area contributed by atoms with Crippen LogP contribution in [-0.4, -0.2) is 17.6 Å². The van der Waals surface area contributed by atoms with Crippen molar-refractivity contribution in [1.29, 1.82) is 0 Å². The molecule has 1 aromatic heterocycles. The molecule has 1 aliphatic rings. The summed E-state index contributed by atoms with van der Waals surface area (Å²) in [4.78, 5) is 4.65. The van der Waals surface area contributed by atoms with Crippen molar-refractivity contribution in [1.82, 2.24) is 10.3 Å². The van der Waals surface area contributed by atoms with Crippen LogP contribution in [-0.2, 0) is 6.42 Å². The quantitative estimate of drug-likeness (QED) is 0.875. The average molecular weight is 280 g/mol. The molecule has 108 valence electrons. The molecule has 1 fully saturated rings. The van der Waals surface area contributed by atoms with Gasteiger partial charge in [-0.15, -0.1) is 11.3 Å². The number of thiazole rings is 1. The predicted octanol–water partition coefficient (Wildman–Crippen LogP) is 4.19. The molecule has 0 aliphatic heterocycles. The maximum Gasteiger partial charge on any atom is 0.0897 e. The highest BCUT2D eigenvalue weighted by molar-refractivity contribution is 7.09. The van der Waals surface area contributed by atoms with E-state index in [4.69, 9.17) is 0 Å². The summed E-state index contributed by atoms with van der Waals surface area (Å²) in [6, 6.07) is 0.585. The number of rotatable bonds is 5. The van der Waals surface area contributed by atoms with E-state index in [2.05, 4.69) is 43.4 Å². The molecule has 1 saturated carbocycles. The van der Waals surface area contributed by atoms with E-state index in [1.165, 1.54) is 36.4 Å². The van der Waals surface area contributed by atoms with Gasteiger partial charge in [0.2, 0.25) is 0 Å². The molecule has 1 aromatic rings. The standard InChI is InChI=1S/C16H28N2S/c1-5-17-15(10-13-11-19-12(2)18-13)14-8-6-7-9-16(14,3)4/h11,14-15,17H,5-10H2,1-4H3. The summed E-state index contributed by atoms with van der Waals surface area (Å²) in [5.41, 5.74) is 1.74. The molecular formula is C16H28N2S. The molecule has 19 heavy (non-hydrogen) atoms. The molecule has 0 amide bonds. The number of hydrogen-bond acceptors (Lipinski definition) is 3. The van der Waals surface area contributed by atoms with Crippen LogP contribution in [0.25, 0.3) is 0 Å². The average Bonchev–Trinajstić information content (AvgIpc) is 2.74. The molecule has 0 aromatic carbocycles. The fourth-order valence-corrected chi connectivity index (χ4v) is 4.24. The van der Waals surface area contributed by atoms with Gasteiger partial charge in [-0.1, -0.05) is 33.6 Å². The second kappa shape index (κ2) is 6.36. The normalized spacial score (nSPS) is 24.3. The molecular weight excluding hydrogens is 252 g/mol. The second-order valence-electron chi connectivity index (χ2n) is 6.57. The van der Waals surface area contributed by atoms with Gasteiger partial charge in [-0.2, -0.15) is 0 Å². The Bertz CT molecular complexity index is 397. The molecule has 0 radical (unpaired) electrons. The van der Waals surface area contributed by atoms with Crippen molar-refractivity contribution in [3.8, 4) is 0 Å². The highest BCUT2D eigenvalue weighted by Crippen LogP contribution is 2.42. The van der Waals surface area contributed by atoms with Crippen molar-refractivity contribution in [2.75, 3.05) is 6.54 Å². The third kappa shape index (κ3) is 3.79. The van der Waals surface area contributed by atoms with Crippen LogP contribution in [0, 0.1) is 18.3 Å². The summed E-state index contributed by atoms with van der Waals surface area (Å²) in [5.74, 6) is 0.781. The summed E-state index contributed by atoms with van der Waals surface area (Å²) in [5, 5.41) is 7.15. The van der Waals surface area contributed by atoms with E-state index in [0.29, 0.717) is 11.5 Å². The van der Waals surface area contributed by atoms with Crippen molar-refractivity contribution in [2.45, 2.75) is 65.8 Å². The monoisotopic (exact) mass is 280 g/mol. The molecule has 2 atom stereocenters. The Kier molecular flexibility index (Phi) is 5.02. The molecule has 1 aliphatic carbocycles. The Morgan fingerprint density at radius 1 is 1.47 bits per heavy atom. The maximum absolute atomic E-state index is 4.65. The molecule has 0 saturated heterocycles. The molecule has 3 heteroatoms. The zero-order valence-corrected chi connectivity index (χ0v) is 13.6. The number of nitrogens with one attached hydrogen (secondary N) is 1. The molecule has 1 heterocycles. The van der Waals surface area contributed by atoms with Gasteiger partial charge >= 0.3 is 0 Å². The Labute approximate surface area is 122 Å². The highest BCUT2D eigenvalue weighted by atomic mass is 32.1. The highest BCUT2D eigenvalue weighted by Gasteiger charge is 2.37. The van der Waals surface area contributed by atoms with E-state index in [0.717, 1.165) is 18.9 Å². The van der Waals surface area contributed by atoms with Gasteiger partial charge in [0.05, 0.1) is 10.7 Å². The van der Waals surface area contributed by atoms with Crippen LogP contribution in [0.3, 0.4) is 0 Å². The van der Waals surface area contributed by atoms with Gasteiger partial charge in [0.15, 0.2) is 0 Å². The Morgan fingerprint density at radius 2 is 2.26 bits per heavy atom. The maximum atomic E-state index is 4.65. The molecule has 0 bridgehead atoms. The van der Waals surface area contributed by atoms with Crippen molar-refractivity contribution >= 4 is 11.3 Å². The number of aromatic nitrogens is 1. The van der Waals surface area contributed by atoms with Crippen LogP contribution in [0.2, 0.25) is 0 Å². The largest absolute Gasteiger partial charge is 0.314 e.